The maximum absolute atomic E-state index is 10.5. The molecule has 1 atom stereocenters. The Labute approximate surface area is 77.4 Å². The van der Waals surface area contributed by atoms with Crippen molar-refractivity contribution in [1.82, 2.24) is 4.98 Å². The molecule has 0 radical (unpaired) electrons. The smallest absolute Gasteiger partial charge is 0.265 e. The zero-order valence-electron chi connectivity index (χ0n) is 7.21. The quantitative estimate of drug-likeness (QED) is 0.743. The molecule has 0 fully saturated rings. The van der Waals surface area contributed by atoms with Crippen LogP contribution in [-0.2, 0) is 10.1 Å². The van der Waals surface area contributed by atoms with Crippen LogP contribution in [0.3, 0.4) is 0 Å². The largest absolute Gasteiger partial charge is 0.286 e. The molecule has 1 N–H and O–H groups in total. The standard InChI is InChI=1S/C8H11NO3S/c1-7(6-13(10,11)12)8-4-2-3-5-9-8/h2-5,7H,6H2,1H3,(H,10,11,12)/t7-/m1/s1. The molecule has 0 amide bonds. The normalized spacial score (nSPS) is 14.0. The van der Waals surface area contributed by atoms with Crippen molar-refractivity contribution < 1.29 is 13.0 Å². The van der Waals surface area contributed by atoms with Gasteiger partial charge in [-0.05, 0) is 12.1 Å². The molecule has 0 spiro atoms. The van der Waals surface area contributed by atoms with E-state index >= 15 is 0 Å². The van der Waals surface area contributed by atoms with Gasteiger partial charge in [0.15, 0.2) is 0 Å². The second-order valence-corrected chi connectivity index (χ2v) is 4.40. The van der Waals surface area contributed by atoms with Crippen molar-refractivity contribution in [3.05, 3.63) is 30.1 Å². The van der Waals surface area contributed by atoms with E-state index in [0.29, 0.717) is 5.69 Å². The van der Waals surface area contributed by atoms with Gasteiger partial charge >= 0.3 is 0 Å². The van der Waals surface area contributed by atoms with Gasteiger partial charge in [-0.2, -0.15) is 8.42 Å². The van der Waals surface area contributed by atoms with Crippen molar-refractivity contribution in [3.63, 3.8) is 0 Å². The lowest BCUT2D eigenvalue weighted by Crippen LogP contribution is -2.11. The van der Waals surface area contributed by atoms with Gasteiger partial charge in [0.05, 0.1) is 5.75 Å². The van der Waals surface area contributed by atoms with E-state index in [0.717, 1.165) is 0 Å². The zero-order valence-corrected chi connectivity index (χ0v) is 8.03. The average molecular weight is 201 g/mol. The van der Waals surface area contributed by atoms with E-state index in [1.807, 2.05) is 0 Å². The molecule has 1 aromatic rings. The van der Waals surface area contributed by atoms with Crippen LogP contribution in [-0.4, -0.2) is 23.7 Å². The Bertz CT molecular complexity index is 360. The van der Waals surface area contributed by atoms with Crippen LogP contribution in [0.1, 0.15) is 18.5 Å². The Morgan fingerprint density at radius 3 is 2.69 bits per heavy atom. The highest BCUT2D eigenvalue weighted by molar-refractivity contribution is 7.85. The van der Waals surface area contributed by atoms with Crippen LogP contribution in [0.4, 0.5) is 0 Å². The predicted molar refractivity (Wildman–Crippen MR) is 49.1 cm³/mol. The highest BCUT2D eigenvalue weighted by Crippen LogP contribution is 2.13. The molecule has 0 unspecified atom stereocenters. The van der Waals surface area contributed by atoms with Crippen molar-refractivity contribution >= 4 is 10.1 Å². The fourth-order valence-electron chi connectivity index (χ4n) is 1.07. The van der Waals surface area contributed by atoms with Crippen LogP contribution in [0.15, 0.2) is 24.4 Å². The molecule has 0 aromatic carbocycles. The summed E-state index contributed by atoms with van der Waals surface area (Å²) in [5, 5.41) is 0. The Kier molecular flexibility index (Phi) is 3.00. The summed E-state index contributed by atoms with van der Waals surface area (Å²) in [6.45, 7) is 1.70. The molecule has 5 heteroatoms. The molecule has 1 aromatic heterocycles. The summed E-state index contributed by atoms with van der Waals surface area (Å²) in [6, 6.07) is 5.27. The van der Waals surface area contributed by atoms with Crippen molar-refractivity contribution in [3.8, 4) is 0 Å². The molecular formula is C8H11NO3S. The number of hydrogen-bond donors (Lipinski definition) is 1. The van der Waals surface area contributed by atoms with Crippen LogP contribution < -0.4 is 0 Å². The summed E-state index contributed by atoms with van der Waals surface area (Å²) in [6.07, 6.45) is 1.59. The van der Waals surface area contributed by atoms with Gasteiger partial charge in [0, 0.05) is 17.8 Å². The van der Waals surface area contributed by atoms with Crippen molar-refractivity contribution in [2.24, 2.45) is 0 Å². The van der Waals surface area contributed by atoms with Crippen LogP contribution in [0.25, 0.3) is 0 Å². The fourth-order valence-corrected chi connectivity index (χ4v) is 1.87. The van der Waals surface area contributed by atoms with E-state index in [1.54, 1.807) is 31.3 Å². The van der Waals surface area contributed by atoms with Crippen LogP contribution in [0.2, 0.25) is 0 Å². The maximum atomic E-state index is 10.5. The second kappa shape index (κ2) is 3.85. The number of aromatic nitrogens is 1. The van der Waals surface area contributed by atoms with Gasteiger partial charge in [-0.3, -0.25) is 9.54 Å². The Morgan fingerprint density at radius 2 is 2.23 bits per heavy atom. The van der Waals surface area contributed by atoms with Crippen LogP contribution >= 0.6 is 0 Å². The molecule has 1 rings (SSSR count). The van der Waals surface area contributed by atoms with E-state index in [1.165, 1.54) is 0 Å². The van der Waals surface area contributed by atoms with Gasteiger partial charge < -0.3 is 0 Å². The monoisotopic (exact) mass is 201 g/mol. The van der Waals surface area contributed by atoms with Crippen LogP contribution in [0.5, 0.6) is 0 Å². The summed E-state index contributed by atoms with van der Waals surface area (Å²) in [5.41, 5.74) is 0.667. The number of rotatable bonds is 3. The summed E-state index contributed by atoms with van der Waals surface area (Å²) in [7, 11) is -3.91. The highest BCUT2D eigenvalue weighted by atomic mass is 32.2. The van der Waals surface area contributed by atoms with E-state index in [2.05, 4.69) is 4.98 Å². The lowest BCUT2D eigenvalue weighted by atomic mass is 10.1. The van der Waals surface area contributed by atoms with E-state index in [9.17, 15) is 8.42 Å². The topological polar surface area (TPSA) is 67.3 Å². The molecule has 0 aliphatic carbocycles. The first kappa shape index (κ1) is 10.1. The molecule has 0 aliphatic heterocycles. The summed E-state index contributed by atoms with van der Waals surface area (Å²) >= 11 is 0. The third-order valence-corrected chi connectivity index (χ3v) is 2.57. The maximum Gasteiger partial charge on any atom is 0.265 e. The summed E-state index contributed by atoms with van der Waals surface area (Å²) < 4.78 is 29.7. The minimum atomic E-state index is -3.91. The minimum Gasteiger partial charge on any atom is -0.286 e. The van der Waals surface area contributed by atoms with Crippen LogP contribution in [0, 0.1) is 0 Å². The number of pyridine rings is 1. The van der Waals surface area contributed by atoms with Crippen molar-refractivity contribution in [1.29, 1.82) is 0 Å². The third-order valence-electron chi connectivity index (χ3n) is 1.65. The van der Waals surface area contributed by atoms with Gasteiger partial charge in [0.1, 0.15) is 0 Å². The van der Waals surface area contributed by atoms with Gasteiger partial charge in [0.2, 0.25) is 0 Å². The van der Waals surface area contributed by atoms with Gasteiger partial charge in [-0.25, -0.2) is 0 Å². The van der Waals surface area contributed by atoms with E-state index in [4.69, 9.17) is 4.55 Å². The Balaban J connectivity index is 2.76. The lowest BCUT2D eigenvalue weighted by molar-refractivity contribution is 0.478. The molecule has 0 aliphatic rings. The molecular weight excluding hydrogens is 190 g/mol. The second-order valence-electron chi connectivity index (χ2n) is 2.90. The highest BCUT2D eigenvalue weighted by Gasteiger charge is 2.14. The van der Waals surface area contributed by atoms with Crippen molar-refractivity contribution in [2.45, 2.75) is 12.8 Å². The first-order valence-electron chi connectivity index (χ1n) is 3.85. The molecule has 4 nitrogen and oxygen atoms in total. The molecule has 13 heavy (non-hydrogen) atoms. The predicted octanol–water partition coefficient (Wildman–Crippen LogP) is 1.07. The summed E-state index contributed by atoms with van der Waals surface area (Å²) in [5.74, 6) is -0.569. The molecule has 72 valence electrons. The molecule has 0 bridgehead atoms. The summed E-state index contributed by atoms with van der Waals surface area (Å²) in [4.78, 5) is 3.99. The van der Waals surface area contributed by atoms with E-state index in [-0.39, 0.29) is 11.7 Å². The third kappa shape index (κ3) is 3.52. The van der Waals surface area contributed by atoms with Crippen molar-refractivity contribution in [2.75, 3.05) is 5.75 Å². The zero-order chi connectivity index (χ0) is 9.90. The number of nitrogens with zero attached hydrogens (tertiary/aromatic N) is 1. The average Bonchev–Trinajstić information content (AvgIpc) is 2.03. The number of hydrogen-bond acceptors (Lipinski definition) is 3. The van der Waals surface area contributed by atoms with Gasteiger partial charge in [-0.15, -0.1) is 0 Å². The lowest BCUT2D eigenvalue weighted by Gasteiger charge is -2.07. The fraction of sp³-hybridized carbons (Fsp3) is 0.375. The molecule has 0 saturated carbocycles. The first-order valence-corrected chi connectivity index (χ1v) is 5.46. The van der Waals surface area contributed by atoms with E-state index < -0.39 is 10.1 Å². The SMILES string of the molecule is C[C@H](CS(=O)(=O)O)c1ccccn1. The minimum absolute atomic E-state index is 0.281. The van der Waals surface area contributed by atoms with Gasteiger partial charge in [0.25, 0.3) is 10.1 Å². The first-order chi connectivity index (χ1) is 5.99. The Hall–Kier alpha value is -0.940. The molecule has 0 saturated heterocycles. The molecule has 1 heterocycles. The van der Waals surface area contributed by atoms with Gasteiger partial charge in [-0.1, -0.05) is 13.0 Å². The Morgan fingerprint density at radius 1 is 1.54 bits per heavy atom.